The van der Waals surface area contributed by atoms with Gasteiger partial charge in [-0.3, -0.25) is 4.90 Å². The average Bonchev–Trinajstić information content (AvgIpc) is 2.01. The summed E-state index contributed by atoms with van der Waals surface area (Å²) < 4.78 is 31.4. The van der Waals surface area contributed by atoms with Crippen LogP contribution in [-0.2, 0) is 4.74 Å². The van der Waals surface area contributed by atoms with Crippen LogP contribution in [0.25, 0.3) is 0 Å². The number of nitrogens with zero attached hydrogens (tertiary/aromatic N) is 1. The topological polar surface area (TPSA) is 12.5 Å². The SMILES string of the molecule is COC1CN(C(C)(C)C)CCC1(F)F. The summed E-state index contributed by atoms with van der Waals surface area (Å²) in [7, 11) is 1.35. The molecule has 0 bridgehead atoms. The molecule has 2 nitrogen and oxygen atoms in total. The van der Waals surface area contributed by atoms with Crippen molar-refractivity contribution in [2.45, 2.75) is 44.8 Å². The molecular weight excluding hydrogens is 188 g/mol. The summed E-state index contributed by atoms with van der Waals surface area (Å²) in [4.78, 5) is 2.04. The molecule has 0 amide bonds. The van der Waals surface area contributed by atoms with E-state index in [1.807, 2.05) is 25.7 Å². The smallest absolute Gasteiger partial charge is 0.276 e. The van der Waals surface area contributed by atoms with Crippen LogP contribution in [0.3, 0.4) is 0 Å². The van der Waals surface area contributed by atoms with Crippen molar-refractivity contribution < 1.29 is 13.5 Å². The molecule has 0 saturated carbocycles. The van der Waals surface area contributed by atoms with E-state index in [0.717, 1.165) is 0 Å². The van der Waals surface area contributed by atoms with Gasteiger partial charge in [-0.25, -0.2) is 8.78 Å². The number of hydrogen-bond donors (Lipinski definition) is 0. The molecule has 1 heterocycles. The lowest BCUT2D eigenvalue weighted by Gasteiger charge is -2.44. The first kappa shape index (κ1) is 11.9. The summed E-state index contributed by atoms with van der Waals surface area (Å²) in [6.07, 6.45) is -1.07. The second-order valence-electron chi connectivity index (χ2n) is 4.85. The second-order valence-corrected chi connectivity index (χ2v) is 4.85. The summed E-state index contributed by atoms with van der Waals surface area (Å²) in [6, 6.07) is 0. The molecule has 0 N–H and O–H groups in total. The molecule has 4 heteroatoms. The maximum absolute atomic E-state index is 13.3. The van der Waals surface area contributed by atoms with Gasteiger partial charge in [-0.2, -0.15) is 0 Å². The van der Waals surface area contributed by atoms with Crippen LogP contribution < -0.4 is 0 Å². The number of rotatable bonds is 1. The third-order valence-electron chi connectivity index (χ3n) is 2.81. The van der Waals surface area contributed by atoms with Gasteiger partial charge in [0.15, 0.2) is 0 Å². The fourth-order valence-corrected chi connectivity index (χ4v) is 1.73. The predicted molar refractivity (Wildman–Crippen MR) is 51.7 cm³/mol. The van der Waals surface area contributed by atoms with E-state index in [4.69, 9.17) is 4.74 Å². The van der Waals surface area contributed by atoms with Crippen LogP contribution in [0, 0.1) is 0 Å². The molecule has 0 aromatic heterocycles. The molecule has 1 unspecified atom stereocenters. The Bertz CT molecular complexity index is 201. The fourth-order valence-electron chi connectivity index (χ4n) is 1.73. The van der Waals surface area contributed by atoms with Crippen LogP contribution in [0.5, 0.6) is 0 Å². The van der Waals surface area contributed by atoms with Crippen molar-refractivity contribution in [2.75, 3.05) is 20.2 Å². The van der Waals surface area contributed by atoms with Crippen molar-refractivity contribution in [3.63, 3.8) is 0 Å². The van der Waals surface area contributed by atoms with E-state index >= 15 is 0 Å². The Morgan fingerprint density at radius 1 is 1.36 bits per heavy atom. The number of hydrogen-bond acceptors (Lipinski definition) is 2. The molecule has 1 atom stereocenters. The third kappa shape index (κ3) is 2.42. The summed E-state index contributed by atoms with van der Waals surface area (Å²) in [5.74, 6) is -2.67. The zero-order chi connectivity index (χ0) is 11.0. The van der Waals surface area contributed by atoms with Gasteiger partial charge < -0.3 is 4.74 Å². The zero-order valence-corrected chi connectivity index (χ0v) is 9.31. The number of methoxy groups -OCH3 is 1. The third-order valence-corrected chi connectivity index (χ3v) is 2.81. The quantitative estimate of drug-likeness (QED) is 0.653. The number of ether oxygens (including phenoxy) is 1. The van der Waals surface area contributed by atoms with E-state index < -0.39 is 12.0 Å². The van der Waals surface area contributed by atoms with Crippen molar-refractivity contribution in [3.8, 4) is 0 Å². The largest absolute Gasteiger partial charge is 0.374 e. The van der Waals surface area contributed by atoms with Gasteiger partial charge in [0.2, 0.25) is 0 Å². The predicted octanol–water partition coefficient (Wildman–Crippen LogP) is 2.14. The molecule has 84 valence electrons. The highest BCUT2D eigenvalue weighted by atomic mass is 19.3. The normalized spacial score (nSPS) is 29.1. The maximum atomic E-state index is 13.3. The van der Waals surface area contributed by atoms with Crippen molar-refractivity contribution >= 4 is 0 Å². The molecular formula is C10H19F2NO. The van der Waals surface area contributed by atoms with E-state index in [1.165, 1.54) is 7.11 Å². The van der Waals surface area contributed by atoms with Crippen molar-refractivity contribution in [1.29, 1.82) is 0 Å². The Balaban J connectivity index is 2.67. The lowest BCUT2D eigenvalue weighted by atomic mass is 9.97. The van der Waals surface area contributed by atoms with E-state index in [0.29, 0.717) is 13.1 Å². The second kappa shape index (κ2) is 3.74. The van der Waals surface area contributed by atoms with Gasteiger partial charge in [0.25, 0.3) is 5.92 Å². The standard InChI is InChI=1S/C10H19F2NO/c1-9(2,3)13-6-5-10(11,12)8(7-13)14-4/h8H,5-7H2,1-4H3. The number of likely N-dealkylation sites (tertiary alicyclic amines) is 1. The first-order valence-electron chi connectivity index (χ1n) is 4.93. The van der Waals surface area contributed by atoms with Gasteiger partial charge in [0.05, 0.1) is 0 Å². The maximum Gasteiger partial charge on any atom is 0.276 e. The highest BCUT2D eigenvalue weighted by Crippen LogP contribution is 2.32. The molecule has 0 aromatic rings. The highest BCUT2D eigenvalue weighted by molar-refractivity contribution is 4.91. The Morgan fingerprint density at radius 3 is 2.36 bits per heavy atom. The molecule has 0 aliphatic carbocycles. The Hall–Kier alpha value is -0.220. The van der Waals surface area contributed by atoms with Crippen LogP contribution in [0.15, 0.2) is 0 Å². The van der Waals surface area contributed by atoms with Crippen molar-refractivity contribution in [3.05, 3.63) is 0 Å². The van der Waals surface area contributed by atoms with Gasteiger partial charge in [0.1, 0.15) is 6.10 Å². The van der Waals surface area contributed by atoms with E-state index in [2.05, 4.69) is 0 Å². The monoisotopic (exact) mass is 207 g/mol. The van der Waals surface area contributed by atoms with Crippen molar-refractivity contribution in [1.82, 2.24) is 4.90 Å². The van der Waals surface area contributed by atoms with Crippen molar-refractivity contribution in [2.24, 2.45) is 0 Å². The first-order valence-corrected chi connectivity index (χ1v) is 4.93. The van der Waals surface area contributed by atoms with E-state index in [9.17, 15) is 8.78 Å². The summed E-state index contributed by atoms with van der Waals surface area (Å²) >= 11 is 0. The van der Waals surface area contributed by atoms with Crippen LogP contribution >= 0.6 is 0 Å². The lowest BCUT2D eigenvalue weighted by molar-refractivity contribution is -0.170. The Morgan fingerprint density at radius 2 is 1.93 bits per heavy atom. The minimum atomic E-state index is -2.67. The number of halogens is 2. The molecule has 0 aromatic carbocycles. The van der Waals surface area contributed by atoms with Gasteiger partial charge in [-0.05, 0) is 20.8 Å². The van der Waals surface area contributed by atoms with Crippen LogP contribution in [0.2, 0.25) is 0 Å². The molecule has 0 spiro atoms. The highest BCUT2D eigenvalue weighted by Gasteiger charge is 2.46. The first-order chi connectivity index (χ1) is 6.27. The summed E-state index contributed by atoms with van der Waals surface area (Å²) in [6.45, 7) is 6.85. The molecule has 1 aliphatic heterocycles. The zero-order valence-electron chi connectivity index (χ0n) is 9.31. The minimum absolute atomic E-state index is 0.0622. The van der Waals surface area contributed by atoms with Crippen LogP contribution in [0.4, 0.5) is 8.78 Å². The molecule has 1 aliphatic rings. The van der Waals surface area contributed by atoms with E-state index in [1.54, 1.807) is 0 Å². The van der Waals surface area contributed by atoms with Gasteiger partial charge in [0, 0.05) is 32.2 Å². The van der Waals surface area contributed by atoms with Crippen LogP contribution in [-0.4, -0.2) is 42.7 Å². The summed E-state index contributed by atoms with van der Waals surface area (Å²) in [5, 5.41) is 0. The molecule has 1 fully saturated rings. The number of alkyl halides is 2. The van der Waals surface area contributed by atoms with Gasteiger partial charge >= 0.3 is 0 Å². The van der Waals surface area contributed by atoms with Crippen LogP contribution in [0.1, 0.15) is 27.2 Å². The van der Waals surface area contributed by atoms with Gasteiger partial charge in [-0.1, -0.05) is 0 Å². The average molecular weight is 207 g/mol. The Kier molecular flexibility index (Phi) is 3.17. The lowest BCUT2D eigenvalue weighted by Crippen LogP contribution is -2.56. The molecule has 1 rings (SSSR count). The van der Waals surface area contributed by atoms with Gasteiger partial charge in [-0.15, -0.1) is 0 Å². The minimum Gasteiger partial charge on any atom is -0.374 e. The van der Waals surface area contributed by atoms with E-state index in [-0.39, 0.29) is 12.0 Å². The molecule has 0 radical (unpaired) electrons. The number of piperidine rings is 1. The summed E-state index contributed by atoms with van der Waals surface area (Å²) in [5.41, 5.74) is -0.0622. The fraction of sp³-hybridized carbons (Fsp3) is 1.00. The molecule has 1 saturated heterocycles. The Labute approximate surface area is 84.2 Å². The molecule has 14 heavy (non-hydrogen) atoms.